The first kappa shape index (κ1) is 29.3. The van der Waals surface area contributed by atoms with Crippen LogP contribution in [0.5, 0.6) is 11.8 Å². The molecule has 0 N–H and O–H groups in total. The van der Waals surface area contributed by atoms with Crippen LogP contribution in [0.3, 0.4) is 0 Å². The first-order valence-electron chi connectivity index (χ1n) is 14.2. The monoisotopic (exact) mass is 571 g/mol. The summed E-state index contributed by atoms with van der Waals surface area (Å²) in [5.74, 6) is 0.854. The Morgan fingerprint density at radius 3 is 2.40 bits per heavy atom. The van der Waals surface area contributed by atoms with Gasteiger partial charge in [-0.05, 0) is 73.4 Å². The average Bonchev–Trinajstić information content (AvgIpc) is 2.98. The normalized spacial score (nSPS) is 17.5. The standard InChI is InChI=1S/C33H37N3O6/c1-33(2,3)41-32(37)42-36-18-15-29(30(22-36)40-23-24-9-10-25-7-4-5-8-27(25)21-24)26-11-13-28(14-12-26)38-19-20-39-31-34-16-6-17-35-31/h4-14,16-17,21,29-30H,15,18-20,22-23H2,1-3H3. The van der Waals surface area contributed by atoms with Crippen molar-refractivity contribution in [2.24, 2.45) is 0 Å². The summed E-state index contributed by atoms with van der Waals surface area (Å²) in [5.41, 5.74) is 1.59. The number of hydroxylamine groups is 2. The second kappa shape index (κ2) is 13.6. The maximum absolute atomic E-state index is 12.4. The summed E-state index contributed by atoms with van der Waals surface area (Å²) in [6.45, 7) is 7.59. The SMILES string of the molecule is CC(C)(C)OC(=O)ON1CCC(c2ccc(OCCOc3ncccn3)cc2)C(OCc2ccc3ccccc3c2)C1. The highest BCUT2D eigenvalue weighted by Gasteiger charge is 2.34. The van der Waals surface area contributed by atoms with Gasteiger partial charge in [-0.2, -0.15) is 0 Å². The fraction of sp³-hybridized carbons (Fsp3) is 0.364. The van der Waals surface area contributed by atoms with E-state index in [1.54, 1.807) is 23.5 Å². The van der Waals surface area contributed by atoms with E-state index >= 15 is 0 Å². The first-order chi connectivity index (χ1) is 20.3. The third-order valence-electron chi connectivity index (χ3n) is 6.83. The molecule has 0 saturated carbocycles. The number of piperidine rings is 1. The lowest BCUT2D eigenvalue weighted by Gasteiger charge is -2.37. The summed E-state index contributed by atoms with van der Waals surface area (Å²) in [6.07, 6.45) is 3.09. The van der Waals surface area contributed by atoms with Crippen LogP contribution in [0.25, 0.3) is 10.8 Å². The third kappa shape index (κ3) is 8.41. The van der Waals surface area contributed by atoms with Crippen LogP contribution in [0.4, 0.5) is 4.79 Å². The van der Waals surface area contributed by atoms with E-state index in [4.69, 9.17) is 23.8 Å². The lowest BCUT2D eigenvalue weighted by molar-refractivity contribution is -0.179. The Hall–Kier alpha value is -4.21. The van der Waals surface area contributed by atoms with Crippen molar-refractivity contribution >= 4 is 16.9 Å². The Labute approximate surface area is 246 Å². The Balaban J connectivity index is 1.22. The summed E-state index contributed by atoms with van der Waals surface area (Å²) < 4.78 is 23.2. The molecule has 1 aliphatic rings. The number of carbonyl (C=O) groups excluding carboxylic acids is 1. The van der Waals surface area contributed by atoms with Gasteiger partial charge in [-0.3, -0.25) is 0 Å². The van der Waals surface area contributed by atoms with Crippen LogP contribution in [0.15, 0.2) is 85.2 Å². The molecule has 1 fully saturated rings. The minimum Gasteiger partial charge on any atom is -0.490 e. The zero-order valence-corrected chi connectivity index (χ0v) is 24.3. The van der Waals surface area contributed by atoms with Crippen molar-refractivity contribution in [3.05, 3.63) is 96.3 Å². The second-order valence-electron chi connectivity index (χ2n) is 11.2. The van der Waals surface area contributed by atoms with Crippen LogP contribution in [-0.4, -0.2) is 59.2 Å². The first-order valence-corrected chi connectivity index (χ1v) is 14.2. The highest BCUT2D eigenvalue weighted by atomic mass is 16.8. The van der Waals surface area contributed by atoms with E-state index in [0.29, 0.717) is 38.9 Å². The van der Waals surface area contributed by atoms with E-state index in [-0.39, 0.29) is 12.0 Å². The molecule has 220 valence electrons. The largest absolute Gasteiger partial charge is 0.528 e. The van der Waals surface area contributed by atoms with Crippen molar-refractivity contribution in [1.29, 1.82) is 0 Å². The number of hydrogen-bond donors (Lipinski definition) is 0. The van der Waals surface area contributed by atoms with Crippen molar-refractivity contribution in [3.63, 3.8) is 0 Å². The molecule has 9 heteroatoms. The highest BCUT2D eigenvalue weighted by molar-refractivity contribution is 5.82. The van der Waals surface area contributed by atoms with Gasteiger partial charge in [0, 0.05) is 24.9 Å². The molecule has 2 heterocycles. The van der Waals surface area contributed by atoms with Crippen molar-refractivity contribution in [1.82, 2.24) is 15.0 Å². The number of carbonyl (C=O) groups is 1. The predicted molar refractivity (Wildman–Crippen MR) is 158 cm³/mol. The molecule has 42 heavy (non-hydrogen) atoms. The van der Waals surface area contributed by atoms with Gasteiger partial charge >= 0.3 is 12.2 Å². The third-order valence-corrected chi connectivity index (χ3v) is 6.83. The zero-order chi connectivity index (χ0) is 29.4. The molecule has 4 aromatic rings. The van der Waals surface area contributed by atoms with Crippen LogP contribution in [0.2, 0.25) is 0 Å². The molecule has 9 nitrogen and oxygen atoms in total. The van der Waals surface area contributed by atoms with E-state index in [1.807, 2.05) is 45.0 Å². The van der Waals surface area contributed by atoms with Gasteiger partial charge in [0.05, 0.1) is 19.3 Å². The summed E-state index contributed by atoms with van der Waals surface area (Å²) in [6, 6.07) is 24.7. The smallest absolute Gasteiger partial charge is 0.490 e. The van der Waals surface area contributed by atoms with Gasteiger partial charge in [-0.1, -0.05) is 48.5 Å². The van der Waals surface area contributed by atoms with Crippen molar-refractivity contribution in [2.45, 2.75) is 51.4 Å². The molecule has 0 aliphatic carbocycles. The Bertz CT molecular complexity index is 1440. The molecule has 2 unspecified atom stereocenters. The Kier molecular flexibility index (Phi) is 9.51. The maximum Gasteiger partial charge on any atom is 0.528 e. The molecule has 5 rings (SSSR count). The average molecular weight is 572 g/mol. The zero-order valence-electron chi connectivity index (χ0n) is 24.3. The number of fused-ring (bicyclic) bond motifs is 1. The Morgan fingerprint density at radius 1 is 0.905 bits per heavy atom. The second-order valence-corrected chi connectivity index (χ2v) is 11.2. The number of ether oxygens (including phenoxy) is 4. The van der Waals surface area contributed by atoms with Gasteiger partial charge in [0.15, 0.2) is 0 Å². The predicted octanol–water partition coefficient (Wildman–Crippen LogP) is 6.33. The van der Waals surface area contributed by atoms with Gasteiger partial charge < -0.3 is 23.8 Å². The van der Waals surface area contributed by atoms with E-state index in [2.05, 4.69) is 52.4 Å². The summed E-state index contributed by atoms with van der Waals surface area (Å²) in [4.78, 5) is 26.0. The number of nitrogens with zero attached hydrogens (tertiary/aromatic N) is 3. The molecule has 1 saturated heterocycles. The van der Waals surface area contributed by atoms with Crippen molar-refractivity contribution in [3.8, 4) is 11.8 Å². The lowest BCUT2D eigenvalue weighted by Crippen LogP contribution is -2.45. The van der Waals surface area contributed by atoms with Gasteiger partial charge in [-0.15, -0.1) is 5.06 Å². The topological polar surface area (TPSA) is 92.2 Å². The van der Waals surface area contributed by atoms with Crippen LogP contribution in [0.1, 0.15) is 44.2 Å². The number of rotatable bonds is 10. The summed E-state index contributed by atoms with van der Waals surface area (Å²) in [5, 5.41) is 4.01. The van der Waals surface area contributed by atoms with Crippen LogP contribution < -0.4 is 9.47 Å². The van der Waals surface area contributed by atoms with Gasteiger partial charge in [0.2, 0.25) is 0 Å². The fourth-order valence-electron chi connectivity index (χ4n) is 4.89. The van der Waals surface area contributed by atoms with E-state index in [9.17, 15) is 4.79 Å². The van der Waals surface area contributed by atoms with Crippen LogP contribution >= 0.6 is 0 Å². The minimum absolute atomic E-state index is 0.108. The fourth-order valence-corrected chi connectivity index (χ4v) is 4.89. The molecule has 0 bridgehead atoms. The van der Waals surface area contributed by atoms with E-state index < -0.39 is 11.8 Å². The minimum atomic E-state index is -0.710. The number of hydrogen-bond acceptors (Lipinski definition) is 9. The number of aromatic nitrogens is 2. The van der Waals surface area contributed by atoms with Crippen molar-refractivity contribution in [2.75, 3.05) is 26.3 Å². The van der Waals surface area contributed by atoms with E-state index in [1.165, 1.54) is 10.8 Å². The summed E-state index contributed by atoms with van der Waals surface area (Å²) in [7, 11) is 0. The van der Waals surface area contributed by atoms with Crippen LogP contribution in [-0.2, 0) is 20.9 Å². The molecule has 0 radical (unpaired) electrons. The molecular weight excluding hydrogens is 534 g/mol. The van der Waals surface area contributed by atoms with Gasteiger partial charge in [0.25, 0.3) is 0 Å². The molecule has 2 atom stereocenters. The maximum atomic E-state index is 12.4. The lowest BCUT2D eigenvalue weighted by atomic mass is 9.87. The van der Waals surface area contributed by atoms with Gasteiger partial charge in [0.1, 0.15) is 24.6 Å². The van der Waals surface area contributed by atoms with Crippen LogP contribution in [0, 0.1) is 0 Å². The van der Waals surface area contributed by atoms with E-state index in [0.717, 1.165) is 23.3 Å². The highest BCUT2D eigenvalue weighted by Crippen LogP contribution is 2.33. The number of benzene rings is 3. The molecule has 0 amide bonds. The quantitative estimate of drug-likeness (QED) is 0.160. The molecule has 0 spiro atoms. The molecule has 3 aromatic carbocycles. The molecule has 1 aromatic heterocycles. The molecule has 1 aliphatic heterocycles. The van der Waals surface area contributed by atoms with Gasteiger partial charge in [-0.25, -0.2) is 14.8 Å². The summed E-state index contributed by atoms with van der Waals surface area (Å²) >= 11 is 0. The Morgan fingerprint density at radius 2 is 1.64 bits per heavy atom. The van der Waals surface area contributed by atoms with Crippen molar-refractivity contribution < 1.29 is 28.6 Å². The molecular formula is C33H37N3O6.